The summed E-state index contributed by atoms with van der Waals surface area (Å²) in [5.41, 5.74) is 1.77. The summed E-state index contributed by atoms with van der Waals surface area (Å²) in [5.74, 6) is -0.921. The fourth-order valence-corrected chi connectivity index (χ4v) is 4.31. The summed E-state index contributed by atoms with van der Waals surface area (Å²) < 4.78 is 10.9. The van der Waals surface area contributed by atoms with E-state index in [1.54, 1.807) is 19.1 Å². The second-order valence-electron chi connectivity index (χ2n) is 7.92. The largest absolute Gasteiger partial charge is 0.507 e. The van der Waals surface area contributed by atoms with E-state index in [1.807, 2.05) is 19.1 Å². The van der Waals surface area contributed by atoms with Crippen LogP contribution in [0.3, 0.4) is 0 Å². The minimum Gasteiger partial charge on any atom is -0.507 e. The maximum Gasteiger partial charge on any atom is 0.341 e. The molecule has 0 saturated carbocycles. The van der Waals surface area contributed by atoms with Gasteiger partial charge in [0.2, 0.25) is 0 Å². The molecule has 34 heavy (non-hydrogen) atoms. The van der Waals surface area contributed by atoms with Crippen LogP contribution in [0.5, 0.6) is 23.0 Å². The molecule has 0 saturated heterocycles. The number of unbranched alkanes of at least 4 members (excludes halogenated alkanes) is 1. The number of ether oxygens (including phenoxy) is 2. The molecule has 3 aromatic carbocycles. The van der Waals surface area contributed by atoms with Gasteiger partial charge in [-0.3, -0.25) is 0 Å². The molecule has 3 N–H and O–H groups in total. The molecule has 0 unspecified atom stereocenters. The van der Waals surface area contributed by atoms with Gasteiger partial charge >= 0.3 is 5.97 Å². The van der Waals surface area contributed by atoms with Crippen LogP contribution in [-0.2, 0) is 17.6 Å². The van der Waals surface area contributed by atoms with E-state index in [2.05, 4.69) is 0 Å². The molecule has 0 radical (unpaired) electrons. The van der Waals surface area contributed by atoms with E-state index < -0.39 is 17.5 Å². The van der Waals surface area contributed by atoms with Gasteiger partial charge in [0.15, 0.2) is 11.5 Å². The summed E-state index contributed by atoms with van der Waals surface area (Å²) in [6, 6.07) is 8.77. The Hall–Kier alpha value is -2.83. The first kappa shape index (κ1) is 25.8. The highest BCUT2D eigenvalue weighted by molar-refractivity contribution is 6.42. The number of hydrogen-bond donors (Lipinski definition) is 3. The minimum atomic E-state index is -0.552. The van der Waals surface area contributed by atoms with E-state index in [1.165, 1.54) is 6.07 Å². The van der Waals surface area contributed by atoms with E-state index in [-0.39, 0.29) is 28.0 Å². The number of esters is 1. The van der Waals surface area contributed by atoms with Crippen LogP contribution in [0.1, 0.15) is 54.6 Å². The summed E-state index contributed by atoms with van der Waals surface area (Å²) in [7, 11) is 0. The van der Waals surface area contributed by atoms with E-state index in [0.29, 0.717) is 35.1 Å². The third-order valence-corrected chi connectivity index (χ3v) is 6.31. The monoisotopic (exact) mass is 506 g/mol. The van der Waals surface area contributed by atoms with Gasteiger partial charge in [-0.1, -0.05) is 48.7 Å². The molecule has 3 aromatic rings. The van der Waals surface area contributed by atoms with Crippen LogP contribution in [-0.4, -0.2) is 34.5 Å². The highest BCUT2D eigenvalue weighted by Gasteiger charge is 2.19. The molecular weight excluding hydrogens is 479 g/mol. The Bertz CT molecular complexity index is 1190. The van der Waals surface area contributed by atoms with Crippen molar-refractivity contribution in [2.45, 2.75) is 46.0 Å². The first-order valence-electron chi connectivity index (χ1n) is 11.3. The van der Waals surface area contributed by atoms with Crippen molar-refractivity contribution in [3.05, 3.63) is 57.1 Å². The van der Waals surface area contributed by atoms with Gasteiger partial charge in [0, 0.05) is 16.3 Å². The molecule has 0 aliphatic rings. The Kier molecular flexibility index (Phi) is 8.75. The van der Waals surface area contributed by atoms with Gasteiger partial charge in [-0.2, -0.15) is 0 Å². The number of phenols is 3. The second-order valence-corrected chi connectivity index (χ2v) is 8.68. The molecule has 0 spiro atoms. The van der Waals surface area contributed by atoms with Crippen LogP contribution < -0.4 is 4.74 Å². The van der Waals surface area contributed by atoms with Crippen LogP contribution in [0, 0.1) is 0 Å². The summed E-state index contributed by atoms with van der Waals surface area (Å²) in [6.45, 7) is 4.39. The zero-order valence-corrected chi connectivity index (χ0v) is 20.7. The van der Waals surface area contributed by atoms with Crippen molar-refractivity contribution in [1.29, 1.82) is 0 Å². The molecule has 0 heterocycles. The van der Waals surface area contributed by atoms with Gasteiger partial charge in [0.25, 0.3) is 0 Å². The van der Waals surface area contributed by atoms with Gasteiger partial charge < -0.3 is 24.8 Å². The van der Waals surface area contributed by atoms with Crippen molar-refractivity contribution in [2.24, 2.45) is 0 Å². The smallest absolute Gasteiger partial charge is 0.341 e. The normalized spacial score (nSPS) is 11.1. The van der Waals surface area contributed by atoms with Gasteiger partial charge in [0.1, 0.15) is 17.1 Å². The number of carbonyl (C=O) groups is 1. The number of carbonyl (C=O) groups excluding carboxylic acids is 1. The van der Waals surface area contributed by atoms with Gasteiger partial charge in [-0.05, 0) is 56.4 Å². The number of hydrogen-bond acceptors (Lipinski definition) is 6. The van der Waals surface area contributed by atoms with E-state index in [9.17, 15) is 20.1 Å². The number of fused-ring (bicyclic) bond motifs is 1. The lowest BCUT2D eigenvalue weighted by Gasteiger charge is -2.15. The molecule has 0 bridgehead atoms. The number of halogens is 2. The van der Waals surface area contributed by atoms with E-state index in [4.69, 9.17) is 32.7 Å². The van der Waals surface area contributed by atoms with E-state index in [0.717, 1.165) is 31.2 Å². The molecule has 3 rings (SSSR count). The predicted octanol–water partition coefficient (Wildman–Crippen LogP) is 6.79. The Labute approximate surface area is 208 Å². The fraction of sp³-hybridized carbons (Fsp3) is 0.346. The average molecular weight is 507 g/mol. The van der Waals surface area contributed by atoms with Crippen LogP contribution in [0.2, 0.25) is 10.0 Å². The number of phenolic OH excluding ortho intramolecular Hbond substituents is 3. The molecule has 0 aliphatic heterocycles. The zero-order chi connectivity index (χ0) is 24.8. The maximum absolute atomic E-state index is 12.1. The lowest BCUT2D eigenvalue weighted by Crippen LogP contribution is -2.08. The third kappa shape index (κ3) is 5.45. The minimum absolute atomic E-state index is 0.0663. The van der Waals surface area contributed by atoms with Crippen molar-refractivity contribution in [1.82, 2.24) is 0 Å². The molecule has 0 amide bonds. The van der Waals surface area contributed by atoms with Crippen molar-refractivity contribution < 1.29 is 29.6 Å². The number of aryl methyl sites for hydroxylation is 1. The quantitative estimate of drug-likeness (QED) is 0.159. The van der Waals surface area contributed by atoms with Gasteiger partial charge in [-0.15, -0.1) is 0 Å². The highest BCUT2D eigenvalue weighted by atomic mass is 35.5. The molecule has 8 heteroatoms. The molecular formula is C26H28Cl2O6. The number of aromatic hydroxyl groups is 3. The van der Waals surface area contributed by atoms with Crippen LogP contribution >= 0.6 is 23.2 Å². The van der Waals surface area contributed by atoms with Gasteiger partial charge in [-0.25, -0.2) is 4.79 Å². The van der Waals surface area contributed by atoms with Crippen molar-refractivity contribution in [2.75, 3.05) is 13.2 Å². The summed E-state index contributed by atoms with van der Waals surface area (Å²) in [4.78, 5) is 12.1. The molecule has 0 aromatic heterocycles. The van der Waals surface area contributed by atoms with Crippen LogP contribution in [0.25, 0.3) is 10.8 Å². The first-order valence-corrected chi connectivity index (χ1v) is 12.0. The predicted molar refractivity (Wildman–Crippen MR) is 134 cm³/mol. The Morgan fingerprint density at radius 3 is 2.26 bits per heavy atom. The standard InChI is InChI=1S/C26H28Cl2O6/c1-3-7-17-20(12-11-18(23(17)29)26(32)33-4-2)34-13-6-5-8-15-9-10-16-19(14-15)22(28)25(31)24(30)21(16)27/h9-12,14,29-31H,3-8,13H2,1-2H3. The summed E-state index contributed by atoms with van der Waals surface area (Å²) >= 11 is 12.3. The number of benzene rings is 3. The molecule has 0 fully saturated rings. The highest BCUT2D eigenvalue weighted by Crippen LogP contribution is 2.46. The van der Waals surface area contributed by atoms with Crippen LogP contribution in [0.4, 0.5) is 0 Å². The first-order chi connectivity index (χ1) is 16.3. The third-order valence-electron chi connectivity index (χ3n) is 5.55. The molecule has 0 aliphatic carbocycles. The average Bonchev–Trinajstić information content (AvgIpc) is 2.83. The lowest BCUT2D eigenvalue weighted by atomic mass is 10.0. The van der Waals surface area contributed by atoms with E-state index >= 15 is 0 Å². The van der Waals surface area contributed by atoms with Crippen molar-refractivity contribution in [3.8, 4) is 23.0 Å². The lowest BCUT2D eigenvalue weighted by molar-refractivity contribution is 0.0522. The Morgan fingerprint density at radius 1 is 0.882 bits per heavy atom. The molecule has 182 valence electrons. The summed E-state index contributed by atoms with van der Waals surface area (Å²) in [6.07, 6.45) is 3.72. The second kappa shape index (κ2) is 11.5. The Balaban J connectivity index is 1.63. The van der Waals surface area contributed by atoms with Gasteiger partial charge in [0.05, 0.1) is 23.3 Å². The SMILES string of the molecule is CCCc1c(OCCCCc2ccc3c(Cl)c(O)c(O)c(Cl)c3c2)ccc(C(=O)OCC)c1O. The fourth-order valence-electron chi connectivity index (χ4n) is 3.81. The molecule has 0 atom stereocenters. The van der Waals surface area contributed by atoms with Crippen molar-refractivity contribution in [3.63, 3.8) is 0 Å². The topological polar surface area (TPSA) is 96.2 Å². The zero-order valence-electron chi connectivity index (χ0n) is 19.2. The summed E-state index contributed by atoms with van der Waals surface area (Å²) in [5, 5.41) is 31.7. The molecule has 6 nitrogen and oxygen atoms in total. The van der Waals surface area contributed by atoms with Crippen molar-refractivity contribution >= 4 is 39.9 Å². The Morgan fingerprint density at radius 2 is 1.59 bits per heavy atom. The van der Waals surface area contributed by atoms with Crippen LogP contribution in [0.15, 0.2) is 30.3 Å². The number of rotatable bonds is 10. The maximum atomic E-state index is 12.1.